The average molecular weight is 197 g/mol. The van der Waals surface area contributed by atoms with E-state index in [1.807, 2.05) is 0 Å². The smallest absolute Gasteiger partial charge is 0.0544 e. The van der Waals surface area contributed by atoms with Crippen molar-refractivity contribution in [1.29, 1.82) is 0 Å². The predicted molar refractivity (Wildman–Crippen MR) is 58.4 cm³/mol. The van der Waals surface area contributed by atoms with Crippen LogP contribution in [0.15, 0.2) is 0 Å². The van der Waals surface area contributed by atoms with Crippen molar-refractivity contribution in [3.63, 3.8) is 0 Å². The second kappa shape index (κ2) is 4.63. The second-order valence-corrected chi connectivity index (χ2v) is 5.16. The second-order valence-electron chi connectivity index (χ2n) is 5.16. The molecule has 2 fully saturated rings. The molecule has 0 spiro atoms. The van der Waals surface area contributed by atoms with E-state index >= 15 is 0 Å². The summed E-state index contributed by atoms with van der Waals surface area (Å²) in [4.78, 5) is 0. The van der Waals surface area contributed by atoms with E-state index in [0.717, 1.165) is 19.1 Å². The van der Waals surface area contributed by atoms with E-state index in [1.165, 1.54) is 45.2 Å². The molecule has 82 valence electrons. The van der Waals surface area contributed by atoms with Gasteiger partial charge in [-0.25, -0.2) is 0 Å². The number of ether oxygens (including phenoxy) is 1. The zero-order valence-corrected chi connectivity index (χ0v) is 9.35. The molecule has 14 heavy (non-hydrogen) atoms. The zero-order valence-electron chi connectivity index (χ0n) is 9.35. The van der Waals surface area contributed by atoms with Crippen LogP contribution < -0.4 is 5.32 Å². The van der Waals surface area contributed by atoms with Crippen molar-refractivity contribution < 1.29 is 4.74 Å². The molecule has 0 aromatic rings. The Balaban J connectivity index is 1.80. The third-order valence-corrected chi connectivity index (χ3v) is 3.72. The quantitative estimate of drug-likeness (QED) is 0.746. The minimum absolute atomic E-state index is 0.568. The van der Waals surface area contributed by atoms with Crippen molar-refractivity contribution in [2.75, 3.05) is 26.3 Å². The van der Waals surface area contributed by atoms with Crippen molar-refractivity contribution in [3.8, 4) is 0 Å². The molecule has 0 amide bonds. The number of hydrogen-bond donors (Lipinski definition) is 1. The first kappa shape index (κ1) is 10.4. The Kier molecular flexibility index (Phi) is 3.45. The monoisotopic (exact) mass is 197 g/mol. The summed E-state index contributed by atoms with van der Waals surface area (Å²) >= 11 is 0. The fourth-order valence-electron chi connectivity index (χ4n) is 3.00. The van der Waals surface area contributed by atoms with Crippen LogP contribution in [-0.4, -0.2) is 26.3 Å². The zero-order chi connectivity index (χ0) is 9.86. The van der Waals surface area contributed by atoms with Gasteiger partial charge in [0, 0.05) is 5.41 Å². The van der Waals surface area contributed by atoms with Gasteiger partial charge in [0.15, 0.2) is 0 Å². The van der Waals surface area contributed by atoms with Gasteiger partial charge in [-0.3, -0.25) is 0 Å². The van der Waals surface area contributed by atoms with Gasteiger partial charge in [0.2, 0.25) is 0 Å². The van der Waals surface area contributed by atoms with Crippen LogP contribution in [0.4, 0.5) is 0 Å². The van der Waals surface area contributed by atoms with Crippen LogP contribution in [0.25, 0.3) is 0 Å². The molecule has 0 aromatic heterocycles. The van der Waals surface area contributed by atoms with E-state index < -0.39 is 0 Å². The summed E-state index contributed by atoms with van der Waals surface area (Å²) in [6.45, 7) is 6.81. The maximum atomic E-state index is 5.41. The first-order chi connectivity index (χ1) is 6.85. The summed E-state index contributed by atoms with van der Waals surface area (Å²) in [5.74, 6) is 0.916. The van der Waals surface area contributed by atoms with E-state index in [9.17, 15) is 0 Å². The summed E-state index contributed by atoms with van der Waals surface area (Å²) in [5, 5.41) is 3.51. The molecule has 0 aromatic carbocycles. The van der Waals surface area contributed by atoms with Crippen LogP contribution in [0, 0.1) is 11.3 Å². The molecular formula is C12H23NO. The van der Waals surface area contributed by atoms with Crippen LogP contribution in [0.3, 0.4) is 0 Å². The molecule has 0 aliphatic carbocycles. The minimum Gasteiger partial charge on any atom is -0.380 e. The van der Waals surface area contributed by atoms with E-state index in [4.69, 9.17) is 4.74 Å². The van der Waals surface area contributed by atoms with Gasteiger partial charge in [-0.1, -0.05) is 13.3 Å². The van der Waals surface area contributed by atoms with Crippen molar-refractivity contribution in [2.45, 2.75) is 39.0 Å². The average Bonchev–Trinajstić information content (AvgIpc) is 2.16. The van der Waals surface area contributed by atoms with Crippen molar-refractivity contribution in [1.82, 2.24) is 5.32 Å². The molecule has 1 atom stereocenters. The Morgan fingerprint density at radius 3 is 2.79 bits per heavy atom. The summed E-state index contributed by atoms with van der Waals surface area (Å²) in [7, 11) is 0. The van der Waals surface area contributed by atoms with E-state index in [-0.39, 0.29) is 0 Å². The van der Waals surface area contributed by atoms with Crippen molar-refractivity contribution >= 4 is 0 Å². The lowest BCUT2D eigenvalue weighted by atomic mass is 9.73. The van der Waals surface area contributed by atoms with Gasteiger partial charge in [0.1, 0.15) is 0 Å². The molecule has 2 rings (SSSR count). The Morgan fingerprint density at radius 1 is 1.43 bits per heavy atom. The highest BCUT2D eigenvalue weighted by molar-refractivity contribution is 4.88. The van der Waals surface area contributed by atoms with Gasteiger partial charge in [-0.05, 0) is 44.7 Å². The van der Waals surface area contributed by atoms with Crippen molar-refractivity contribution in [3.05, 3.63) is 0 Å². The number of hydrogen-bond acceptors (Lipinski definition) is 2. The number of piperidine rings is 1. The highest BCUT2D eigenvalue weighted by Gasteiger charge is 2.39. The predicted octanol–water partition coefficient (Wildman–Crippen LogP) is 2.19. The van der Waals surface area contributed by atoms with E-state index in [2.05, 4.69) is 12.2 Å². The fourth-order valence-corrected chi connectivity index (χ4v) is 3.00. The fraction of sp³-hybridized carbons (Fsp3) is 1.00. The van der Waals surface area contributed by atoms with Crippen LogP contribution in [0.2, 0.25) is 0 Å². The molecule has 2 nitrogen and oxygen atoms in total. The highest BCUT2D eigenvalue weighted by atomic mass is 16.5. The van der Waals surface area contributed by atoms with Gasteiger partial charge in [0.25, 0.3) is 0 Å². The summed E-state index contributed by atoms with van der Waals surface area (Å²) in [6, 6.07) is 0. The van der Waals surface area contributed by atoms with Gasteiger partial charge in [-0.15, -0.1) is 0 Å². The topological polar surface area (TPSA) is 21.3 Å². The molecule has 2 saturated heterocycles. The van der Waals surface area contributed by atoms with Crippen LogP contribution in [0.5, 0.6) is 0 Å². The van der Waals surface area contributed by atoms with E-state index in [0.29, 0.717) is 5.41 Å². The van der Waals surface area contributed by atoms with Gasteiger partial charge < -0.3 is 10.1 Å². The third-order valence-electron chi connectivity index (χ3n) is 3.72. The van der Waals surface area contributed by atoms with E-state index in [1.54, 1.807) is 0 Å². The third kappa shape index (κ3) is 2.29. The summed E-state index contributed by atoms with van der Waals surface area (Å²) < 4.78 is 5.41. The Hall–Kier alpha value is -0.0800. The first-order valence-electron chi connectivity index (χ1n) is 6.13. The van der Waals surface area contributed by atoms with Crippen molar-refractivity contribution in [2.24, 2.45) is 11.3 Å². The van der Waals surface area contributed by atoms with Crippen LogP contribution in [-0.2, 0) is 4.74 Å². The maximum Gasteiger partial charge on any atom is 0.0544 e. The molecule has 2 heterocycles. The highest BCUT2D eigenvalue weighted by Crippen LogP contribution is 2.40. The molecule has 2 aliphatic rings. The lowest BCUT2D eigenvalue weighted by molar-refractivity contribution is -0.130. The molecule has 1 unspecified atom stereocenters. The molecular weight excluding hydrogens is 174 g/mol. The Labute approximate surface area is 87.4 Å². The van der Waals surface area contributed by atoms with Crippen LogP contribution in [0.1, 0.15) is 39.0 Å². The molecule has 0 radical (unpaired) electrons. The van der Waals surface area contributed by atoms with Gasteiger partial charge in [-0.2, -0.15) is 0 Å². The summed E-state index contributed by atoms with van der Waals surface area (Å²) in [6.07, 6.45) is 6.87. The summed E-state index contributed by atoms with van der Waals surface area (Å²) in [5.41, 5.74) is 0.568. The van der Waals surface area contributed by atoms with Crippen LogP contribution >= 0.6 is 0 Å². The number of rotatable bonds is 4. The molecule has 1 N–H and O–H groups in total. The lowest BCUT2D eigenvalue weighted by Gasteiger charge is -2.44. The SMILES string of the molecule is CCCC1(CC2CCCNC2)COC1. The Morgan fingerprint density at radius 2 is 2.29 bits per heavy atom. The standard InChI is InChI=1S/C12H23NO/c1-2-5-12(9-14-10-12)7-11-4-3-6-13-8-11/h11,13H,2-10H2,1H3. The van der Waals surface area contributed by atoms with Gasteiger partial charge >= 0.3 is 0 Å². The minimum atomic E-state index is 0.568. The number of nitrogens with one attached hydrogen (secondary N) is 1. The molecule has 2 heteroatoms. The maximum absolute atomic E-state index is 5.41. The molecule has 2 aliphatic heterocycles. The molecule has 0 saturated carbocycles. The first-order valence-corrected chi connectivity index (χ1v) is 6.13. The normalized spacial score (nSPS) is 31.1. The largest absolute Gasteiger partial charge is 0.380 e. The molecule has 0 bridgehead atoms. The lowest BCUT2D eigenvalue weighted by Crippen LogP contribution is -2.45. The Bertz CT molecular complexity index is 171. The van der Waals surface area contributed by atoms with Gasteiger partial charge in [0.05, 0.1) is 13.2 Å².